The van der Waals surface area contributed by atoms with Gasteiger partial charge in [0, 0.05) is 18.0 Å². The Labute approximate surface area is 117 Å². The number of aromatic nitrogens is 1. The van der Waals surface area contributed by atoms with Gasteiger partial charge in [-0.05, 0) is 37.7 Å². The number of hydrogen-bond acceptors (Lipinski definition) is 2. The minimum atomic E-state index is -4.45. The normalized spacial score (nSPS) is 28.1. The van der Waals surface area contributed by atoms with Gasteiger partial charge < -0.3 is 5.11 Å². The van der Waals surface area contributed by atoms with Crippen LogP contribution in [0.25, 0.3) is 0 Å². The van der Waals surface area contributed by atoms with Crippen LogP contribution in [0.5, 0.6) is 0 Å². The molecule has 2 atom stereocenters. The molecule has 2 nitrogen and oxygen atoms in total. The Kier molecular flexibility index (Phi) is 4.37. The Bertz CT molecular complexity index is 461. The van der Waals surface area contributed by atoms with Gasteiger partial charge in [-0.2, -0.15) is 13.2 Å². The van der Waals surface area contributed by atoms with Crippen molar-refractivity contribution in [2.24, 2.45) is 5.92 Å². The van der Waals surface area contributed by atoms with Crippen molar-refractivity contribution < 1.29 is 18.3 Å². The SMILES string of the molecule is CCC1CCCC(O)(c2cnccc2C(F)(F)F)CC1. The largest absolute Gasteiger partial charge is 0.416 e. The lowest BCUT2D eigenvalue weighted by atomic mass is 9.84. The van der Waals surface area contributed by atoms with Gasteiger partial charge in [0.15, 0.2) is 0 Å². The monoisotopic (exact) mass is 287 g/mol. The molecule has 1 aromatic heterocycles. The molecule has 1 N–H and O–H groups in total. The fourth-order valence-electron chi connectivity index (χ4n) is 3.09. The third kappa shape index (κ3) is 3.14. The summed E-state index contributed by atoms with van der Waals surface area (Å²) in [7, 11) is 0. The van der Waals surface area contributed by atoms with Crippen molar-refractivity contribution >= 4 is 0 Å². The Morgan fingerprint density at radius 1 is 1.35 bits per heavy atom. The highest BCUT2D eigenvalue weighted by Crippen LogP contribution is 2.43. The zero-order valence-corrected chi connectivity index (χ0v) is 11.6. The van der Waals surface area contributed by atoms with Crippen LogP contribution in [0, 0.1) is 5.92 Å². The summed E-state index contributed by atoms with van der Waals surface area (Å²) in [5.41, 5.74) is -2.22. The van der Waals surface area contributed by atoms with Crippen LogP contribution in [0.4, 0.5) is 13.2 Å². The predicted molar refractivity (Wildman–Crippen MR) is 70.0 cm³/mol. The number of nitrogens with zero attached hydrogens (tertiary/aromatic N) is 1. The highest BCUT2D eigenvalue weighted by Gasteiger charge is 2.41. The van der Waals surface area contributed by atoms with Crippen molar-refractivity contribution in [2.45, 2.75) is 57.2 Å². The molecule has 1 aromatic rings. The summed E-state index contributed by atoms with van der Waals surface area (Å²) in [5, 5.41) is 10.7. The topological polar surface area (TPSA) is 33.1 Å². The van der Waals surface area contributed by atoms with Crippen LogP contribution in [0.15, 0.2) is 18.5 Å². The lowest BCUT2D eigenvalue weighted by molar-refractivity contribution is -0.141. The quantitative estimate of drug-likeness (QED) is 0.824. The van der Waals surface area contributed by atoms with Crippen LogP contribution >= 0.6 is 0 Å². The zero-order chi connectivity index (χ0) is 14.8. The van der Waals surface area contributed by atoms with Crippen LogP contribution in [0.1, 0.15) is 56.6 Å². The maximum absolute atomic E-state index is 13.1. The van der Waals surface area contributed by atoms with Gasteiger partial charge in [0.05, 0.1) is 11.2 Å². The van der Waals surface area contributed by atoms with Crippen molar-refractivity contribution in [1.29, 1.82) is 0 Å². The average molecular weight is 287 g/mol. The maximum atomic E-state index is 13.1. The molecule has 0 aliphatic heterocycles. The molecule has 0 spiro atoms. The minimum Gasteiger partial charge on any atom is -0.385 e. The molecule has 0 aromatic carbocycles. The van der Waals surface area contributed by atoms with E-state index in [2.05, 4.69) is 11.9 Å². The molecule has 2 rings (SSSR count). The van der Waals surface area contributed by atoms with E-state index >= 15 is 0 Å². The average Bonchev–Trinajstić information content (AvgIpc) is 2.60. The second kappa shape index (κ2) is 5.72. The van der Waals surface area contributed by atoms with E-state index in [1.54, 1.807) is 0 Å². The summed E-state index contributed by atoms with van der Waals surface area (Å²) in [5.74, 6) is 0.495. The van der Waals surface area contributed by atoms with Gasteiger partial charge in [-0.3, -0.25) is 4.98 Å². The number of alkyl halides is 3. The van der Waals surface area contributed by atoms with Crippen molar-refractivity contribution in [1.82, 2.24) is 4.98 Å². The summed E-state index contributed by atoms with van der Waals surface area (Å²) in [6.45, 7) is 2.08. The highest BCUT2D eigenvalue weighted by atomic mass is 19.4. The molecule has 1 saturated carbocycles. The number of hydrogen-bond donors (Lipinski definition) is 1. The van der Waals surface area contributed by atoms with Crippen LogP contribution in [0.2, 0.25) is 0 Å². The molecule has 0 saturated heterocycles. The van der Waals surface area contributed by atoms with Crippen LogP contribution < -0.4 is 0 Å². The first-order valence-electron chi connectivity index (χ1n) is 7.11. The van der Waals surface area contributed by atoms with E-state index in [-0.39, 0.29) is 5.56 Å². The van der Waals surface area contributed by atoms with E-state index in [1.807, 2.05) is 0 Å². The van der Waals surface area contributed by atoms with Crippen molar-refractivity contribution in [2.75, 3.05) is 0 Å². The highest BCUT2D eigenvalue weighted by molar-refractivity contribution is 5.32. The standard InChI is InChI=1S/C15H20F3NO/c1-2-11-4-3-7-14(20,8-5-11)13-10-19-9-6-12(13)15(16,17)18/h6,9-11,20H,2-5,7-8H2,1H3. The first-order valence-corrected chi connectivity index (χ1v) is 7.11. The van der Waals surface area contributed by atoms with Crippen LogP contribution in [0.3, 0.4) is 0 Å². The number of pyridine rings is 1. The summed E-state index contributed by atoms with van der Waals surface area (Å²) in [4.78, 5) is 3.79. The second-order valence-electron chi connectivity index (χ2n) is 5.66. The third-order valence-corrected chi connectivity index (χ3v) is 4.37. The molecular formula is C15H20F3NO. The van der Waals surface area contributed by atoms with E-state index in [0.717, 1.165) is 37.9 Å². The van der Waals surface area contributed by atoms with Crippen molar-refractivity contribution in [3.63, 3.8) is 0 Å². The molecule has 5 heteroatoms. The Balaban J connectivity index is 2.35. The van der Waals surface area contributed by atoms with E-state index < -0.39 is 17.3 Å². The first kappa shape index (κ1) is 15.3. The molecule has 2 unspecified atom stereocenters. The van der Waals surface area contributed by atoms with Gasteiger partial charge in [-0.1, -0.05) is 19.8 Å². The lowest BCUT2D eigenvalue weighted by Gasteiger charge is -2.29. The summed E-state index contributed by atoms with van der Waals surface area (Å²) >= 11 is 0. The van der Waals surface area contributed by atoms with Gasteiger partial charge in [0.25, 0.3) is 0 Å². The Hall–Kier alpha value is -1.10. The smallest absolute Gasteiger partial charge is 0.385 e. The van der Waals surface area contributed by atoms with Gasteiger partial charge in [-0.25, -0.2) is 0 Å². The van der Waals surface area contributed by atoms with Gasteiger partial charge >= 0.3 is 6.18 Å². The third-order valence-electron chi connectivity index (χ3n) is 4.37. The van der Waals surface area contributed by atoms with E-state index in [0.29, 0.717) is 18.8 Å². The molecular weight excluding hydrogens is 267 g/mol. The molecule has 0 bridgehead atoms. The Morgan fingerprint density at radius 3 is 2.75 bits per heavy atom. The fourth-order valence-corrected chi connectivity index (χ4v) is 3.09. The molecule has 112 valence electrons. The summed E-state index contributed by atoms with van der Waals surface area (Å²) in [6, 6.07) is 0.954. The van der Waals surface area contributed by atoms with E-state index in [1.165, 1.54) is 6.20 Å². The van der Waals surface area contributed by atoms with E-state index in [4.69, 9.17) is 0 Å². The van der Waals surface area contributed by atoms with Gasteiger partial charge in [-0.15, -0.1) is 0 Å². The zero-order valence-electron chi connectivity index (χ0n) is 11.6. The number of aliphatic hydroxyl groups is 1. The molecule has 1 aliphatic rings. The van der Waals surface area contributed by atoms with Crippen LogP contribution in [-0.2, 0) is 11.8 Å². The van der Waals surface area contributed by atoms with Crippen LogP contribution in [-0.4, -0.2) is 10.1 Å². The Morgan fingerprint density at radius 2 is 2.10 bits per heavy atom. The molecule has 20 heavy (non-hydrogen) atoms. The predicted octanol–water partition coefficient (Wildman–Crippen LogP) is 4.28. The van der Waals surface area contributed by atoms with E-state index in [9.17, 15) is 18.3 Å². The molecule has 1 aliphatic carbocycles. The van der Waals surface area contributed by atoms with Crippen molar-refractivity contribution in [3.05, 3.63) is 29.6 Å². The summed E-state index contributed by atoms with van der Waals surface area (Å²) in [6.07, 6.45) is 2.09. The van der Waals surface area contributed by atoms with Gasteiger partial charge in [0.2, 0.25) is 0 Å². The number of halogens is 3. The van der Waals surface area contributed by atoms with Gasteiger partial charge in [0.1, 0.15) is 0 Å². The maximum Gasteiger partial charge on any atom is 0.416 e. The number of rotatable bonds is 2. The lowest BCUT2D eigenvalue weighted by Crippen LogP contribution is -2.29. The first-order chi connectivity index (χ1) is 9.37. The minimum absolute atomic E-state index is 0.0655. The fraction of sp³-hybridized carbons (Fsp3) is 0.667. The summed E-state index contributed by atoms with van der Waals surface area (Å²) < 4.78 is 39.2. The second-order valence-corrected chi connectivity index (χ2v) is 5.66. The molecule has 1 heterocycles. The molecule has 0 amide bonds. The van der Waals surface area contributed by atoms with Crippen molar-refractivity contribution in [3.8, 4) is 0 Å². The molecule has 1 fully saturated rings. The molecule has 0 radical (unpaired) electrons.